The number of nitrogens with zero attached hydrogens (tertiary/aromatic N) is 3. The molecule has 1 aromatic rings. The molecule has 6 heteroatoms. The van der Waals surface area contributed by atoms with Gasteiger partial charge >= 0.3 is 0 Å². The number of piperidine rings is 1. The van der Waals surface area contributed by atoms with Crippen LogP contribution in [0.3, 0.4) is 0 Å². The van der Waals surface area contributed by atoms with Gasteiger partial charge in [0.05, 0.1) is 17.6 Å². The molecular weight excluding hydrogens is 306 g/mol. The second-order valence-corrected chi connectivity index (χ2v) is 6.92. The van der Waals surface area contributed by atoms with Gasteiger partial charge < -0.3 is 9.64 Å². The van der Waals surface area contributed by atoms with Crippen molar-refractivity contribution >= 4 is 5.69 Å². The minimum atomic E-state index is -0.346. The van der Waals surface area contributed by atoms with Gasteiger partial charge in [-0.05, 0) is 44.8 Å². The van der Waals surface area contributed by atoms with Crippen LogP contribution in [0, 0.1) is 10.1 Å². The van der Waals surface area contributed by atoms with Crippen molar-refractivity contribution in [2.24, 2.45) is 0 Å². The van der Waals surface area contributed by atoms with E-state index in [1.165, 1.54) is 18.4 Å². The van der Waals surface area contributed by atoms with Crippen LogP contribution >= 0.6 is 0 Å². The summed E-state index contributed by atoms with van der Waals surface area (Å²) in [6.07, 6.45) is 3.77. The fraction of sp³-hybridized carbons (Fsp3) is 0.667. The molecule has 2 heterocycles. The summed E-state index contributed by atoms with van der Waals surface area (Å²) >= 11 is 0. The van der Waals surface area contributed by atoms with E-state index < -0.39 is 0 Å². The van der Waals surface area contributed by atoms with E-state index in [9.17, 15) is 10.1 Å². The molecule has 6 nitrogen and oxygen atoms in total. The van der Waals surface area contributed by atoms with Gasteiger partial charge in [-0.1, -0.05) is 12.1 Å². The first kappa shape index (κ1) is 17.3. The zero-order chi connectivity index (χ0) is 16.9. The molecule has 1 atom stereocenters. The highest BCUT2D eigenvalue weighted by Gasteiger charge is 2.27. The number of morpholine rings is 1. The molecular formula is C18H27N3O3. The number of likely N-dealkylation sites (tertiary alicyclic amines) is 1. The Bertz CT molecular complexity index is 541. The third kappa shape index (κ3) is 4.53. The Kier molecular flexibility index (Phi) is 5.81. The normalized spacial score (nSPS) is 24.1. The maximum absolute atomic E-state index is 10.7. The second kappa shape index (κ2) is 8.05. The Hall–Kier alpha value is -1.50. The lowest BCUT2D eigenvalue weighted by molar-refractivity contribution is -0.384. The maximum Gasteiger partial charge on any atom is 0.269 e. The number of rotatable bonds is 5. The molecule has 2 aliphatic rings. The number of nitro benzene ring substituents is 1. The maximum atomic E-state index is 10.7. The SMILES string of the molecule is CC1CN(C2CCN(CCc3ccc([N+](=O)[O-])cc3)CC2)CCO1. The van der Waals surface area contributed by atoms with Crippen LogP contribution in [0.25, 0.3) is 0 Å². The smallest absolute Gasteiger partial charge is 0.269 e. The van der Waals surface area contributed by atoms with Gasteiger partial charge in [0.15, 0.2) is 0 Å². The van der Waals surface area contributed by atoms with Gasteiger partial charge in [-0.25, -0.2) is 0 Å². The molecule has 0 saturated carbocycles. The third-order valence-corrected chi connectivity index (χ3v) is 5.21. The average molecular weight is 333 g/mol. The molecule has 0 N–H and O–H groups in total. The highest BCUT2D eigenvalue weighted by atomic mass is 16.6. The molecule has 0 radical (unpaired) electrons. The van der Waals surface area contributed by atoms with Gasteiger partial charge in [0.25, 0.3) is 5.69 Å². The highest BCUT2D eigenvalue weighted by molar-refractivity contribution is 5.32. The van der Waals surface area contributed by atoms with Crippen LogP contribution in [0.15, 0.2) is 24.3 Å². The predicted octanol–water partition coefficient (Wildman–Crippen LogP) is 2.32. The predicted molar refractivity (Wildman–Crippen MR) is 93.2 cm³/mol. The number of non-ortho nitro benzene ring substituents is 1. The summed E-state index contributed by atoms with van der Waals surface area (Å²) in [5, 5.41) is 10.7. The summed E-state index contributed by atoms with van der Waals surface area (Å²) in [7, 11) is 0. The van der Waals surface area contributed by atoms with Crippen LogP contribution in [-0.4, -0.2) is 66.2 Å². The number of hydrogen-bond acceptors (Lipinski definition) is 5. The number of nitro groups is 1. The number of benzene rings is 1. The average Bonchev–Trinajstić information content (AvgIpc) is 2.61. The molecule has 2 fully saturated rings. The monoisotopic (exact) mass is 333 g/mol. The van der Waals surface area contributed by atoms with Crippen molar-refractivity contribution in [3.05, 3.63) is 39.9 Å². The second-order valence-electron chi connectivity index (χ2n) is 6.92. The van der Waals surface area contributed by atoms with E-state index in [-0.39, 0.29) is 10.6 Å². The van der Waals surface area contributed by atoms with Crippen molar-refractivity contribution in [2.45, 2.75) is 38.3 Å². The Morgan fingerprint density at radius 2 is 1.92 bits per heavy atom. The van der Waals surface area contributed by atoms with Crippen LogP contribution in [-0.2, 0) is 11.2 Å². The molecule has 2 aliphatic heterocycles. The number of hydrogen-bond donors (Lipinski definition) is 0. The number of ether oxygens (including phenoxy) is 1. The Balaban J connectivity index is 1.41. The Morgan fingerprint density at radius 3 is 2.54 bits per heavy atom. The minimum absolute atomic E-state index is 0.166. The van der Waals surface area contributed by atoms with Crippen LogP contribution in [0.1, 0.15) is 25.3 Å². The summed E-state index contributed by atoms with van der Waals surface area (Å²) in [6, 6.07) is 7.65. The van der Waals surface area contributed by atoms with Crippen molar-refractivity contribution in [1.82, 2.24) is 9.80 Å². The molecule has 2 saturated heterocycles. The third-order valence-electron chi connectivity index (χ3n) is 5.21. The van der Waals surface area contributed by atoms with E-state index in [4.69, 9.17) is 4.74 Å². The van der Waals surface area contributed by atoms with Gasteiger partial charge in [-0.3, -0.25) is 15.0 Å². The van der Waals surface area contributed by atoms with E-state index in [0.717, 1.165) is 45.8 Å². The topological polar surface area (TPSA) is 58.9 Å². The van der Waals surface area contributed by atoms with Crippen LogP contribution < -0.4 is 0 Å². The van der Waals surface area contributed by atoms with E-state index in [1.807, 2.05) is 12.1 Å². The van der Waals surface area contributed by atoms with Gasteiger partial charge in [0, 0.05) is 37.8 Å². The molecule has 0 aromatic heterocycles. The Morgan fingerprint density at radius 1 is 1.21 bits per heavy atom. The largest absolute Gasteiger partial charge is 0.376 e. The summed E-state index contributed by atoms with van der Waals surface area (Å²) in [5.74, 6) is 0. The van der Waals surface area contributed by atoms with Crippen molar-refractivity contribution in [2.75, 3.05) is 39.3 Å². The molecule has 132 valence electrons. The molecule has 1 unspecified atom stereocenters. The molecule has 1 aromatic carbocycles. The standard InChI is InChI=1S/C18H27N3O3/c1-15-14-20(12-13-24-15)17-7-10-19(11-8-17)9-6-16-2-4-18(5-3-16)21(22)23/h2-5,15,17H,6-14H2,1H3. The molecule has 3 rings (SSSR count). The first-order chi connectivity index (χ1) is 11.6. The van der Waals surface area contributed by atoms with Gasteiger partial charge in [0.2, 0.25) is 0 Å². The van der Waals surface area contributed by atoms with Crippen molar-refractivity contribution in [3.63, 3.8) is 0 Å². The lowest BCUT2D eigenvalue weighted by atomic mass is 10.0. The van der Waals surface area contributed by atoms with Crippen LogP contribution in [0.4, 0.5) is 5.69 Å². The molecule has 0 amide bonds. The van der Waals surface area contributed by atoms with Crippen LogP contribution in [0.5, 0.6) is 0 Å². The fourth-order valence-electron chi connectivity index (χ4n) is 3.76. The lowest BCUT2D eigenvalue weighted by Crippen LogP contribution is -2.51. The van der Waals surface area contributed by atoms with Crippen molar-refractivity contribution < 1.29 is 9.66 Å². The summed E-state index contributed by atoms with van der Waals surface area (Å²) in [5.41, 5.74) is 1.34. The quantitative estimate of drug-likeness (QED) is 0.611. The first-order valence-electron chi connectivity index (χ1n) is 8.93. The van der Waals surface area contributed by atoms with E-state index >= 15 is 0 Å². The molecule has 0 bridgehead atoms. The molecule has 24 heavy (non-hydrogen) atoms. The zero-order valence-electron chi connectivity index (χ0n) is 14.4. The van der Waals surface area contributed by atoms with E-state index in [0.29, 0.717) is 12.1 Å². The summed E-state index contributed by atoms with van der Waals surface area (Å²) in [4.78, 5) is 15.5. The molecule has 0 aliphatic carbocycles. The van der Waals surface area contributed by atoms with E-state index in [1.54, 1.807) is 12.1 Å². The fourth-order valence-corrected chi connectivity index (χ4v) is 3.76. The summed E-state index contributed by atoms with van der Waals surface area (Å²) < 4.78 is 5.64. The van der Waals surface area contributed by atoms with Crippen molar-refractivity contribution in [3.8, 4) is 0 Å². The van der Waals surface area contributed by atoms with Gasteiger partial charge in [0.1, 0.15) is 0 Å². The summed E-state index contributed by atoms with van der Waals surface area (Å²) in [6.45, 7) is 8.47. The first-order valence-corrected chi connectivity index (χ1v) is 8.93. The minimum Gasteiger partial charge on any atom is -0.376 e. The van der Waals surface area contributed by atoms with Gasteiger partial charge in [-0.15, -0.1) is 0 Å². The van der Waals surface area contributed by atoms with Gasteiger partial charge in [-0.2, -0.15) is 0 Å². The lowest BCUT2D eigenvalue weighted by Gasteiger charge is -2.41. The van der Waals surface area contributed by atoms with Crippen molar-refractivity contribution in [1.29, 1.82) is 0 Å². The van der Waals surface area contributed by atoms with Crippen LogP contribution in [0.2, 0.25) is 0 Å². The van der Waals surface area contributed by atoms with E-state index in [2.05, 4.69) is 16.7 Å². The molecule has 0 spiro atoms. The zero-order valence-corrected chi connectivity index (χ0v) is 14.4. The highest BCUT2D eigenvalue weighted by Crippen LogP contribution is 2.20. The Labute approximate surface area is 143 Å².